The average Bonchev–Trinajstić information content (AvgIpc) is 3.89. The van der Waals surface area contributed by atoms with Crippen LogP contribution in [0.25, 0.3) is 22.0 Å². The SMILES string of the molecule is CNc1c(C(=O)NC2CC2)cnc2cc(C(F)(F)F)c(-c3ccc(C(=O)NCCCCn4cc(CCNc5cccc6c5C(=O)N([C@H]5CCC(=O)NC5=O)C6=O)nn4)c(F)c3)cc12. The number of aromatic nitrogens is 4. The van der Waals surface area contributed by atoms with Gasteiger partial charge in [0, 0.05) is 69.0 Å². The van der Waals surface area contributed by atoms with E-state index >= 15 is 4.39 Å². The summed E-state index contributed by atoms with van der Waals surface area (Å²) < 4.78 is 60.1. The Morgan fingerprint density at radius 3 is 2.46 bits per heavy atom. The van der Waals surface area contributed by atoms with Gasteiger partial charge in [-0.15, -0.1) is 5.10 Å². The molecule has 63 heavy (non-hydrogen) atoms. The minimum Gasteiger partial charge on any atom is -0.387 e. The van der Waals surface area contributed by atoms with Crippen molar-refractivity contribution in [2.75, 3.05) is 30.8 Å². The molecule has 2 fully saturated rings. The first-order chi connectivity index (χ1) is 30.2. The smallest absolute Gasteiger partial charge is 0.387 e. The molecule has 8 rings (SSSR count). The maximum absolute atomic E-state index is 15.5. The molecule has 4 heterocycles. The van der Waals surface area contributed by atoms with Crippen molar-refractivity contribution in [1.29, 1.82) is 0 Å². The van der Waals surface area contributed by atoms with Crippen LogP contribution in [0.15, 0.2) is 60.9 Å². The molecule has 20 heteroatoms. The van der Waals surface area contributed by atoms with E-state index in [9.17, 15) is 41.9 Å². The van der Waals surface area contributed by atoms with Gasteiger partial charge in [-0.1, -0.05) is 17.3 Å². The number of nitrogens with one attached hydrogen (secondary N) is 5. The first-order valence-corrected chi connectivity index (χ1v) is 20.3. The number of rotatable bonds is 15. The predicted molar refractivity (Wildman–Crippen MR) is 219 cm³/mol. The normalized spacial score (nSPS) is 16.3. The van der Waals surface area contributed by atoms with E-state index in [-0.39, 0.29) is 75.4 Å². The van der Waals surface area contributed by atoms with Gasteiger partial charge in [0.25, 0.3) is 23.6 Å². The van der Waals surface area contributed by atoms with Crippen molar-refractivity contribution < 1.29 is 46.3 Å². The number of alkyl halides is 3. The number of unbranched alkanes of at least 4 members (excludes halogenated alkanes) is 1. The van der Waals surface area contributed by atoms with Gasteiger partial charge in [0.1, 0.15) is 11.9 Å². The van der Waals surface area contributed by atoms with Gasteiger partial charge in [-0.3, -0.25) is 48.6 Å². The molecule has 3 aliphatic rings. The summed E-state index contributed by atoms with van der Waals surface area (Å²) in [5.41, 5.74) is -0.0815. The minimum absolute atomic E-state index is 0.0121. The highest BCUT2D eigenvalue weighted by atomic mass is 19.4. The molecular weight excluding hydrogens is 829 g/mol. The van der Waals surface area contributed by atoms with E-state index < -0.39 is 59.0 Å². The summed E-state index contributed by atoms with van der Waals surface area (Å²) in [6.45, 7) is 0.956. The fourth-order valence-corrected chi connectivity index (χ4v) is 7.76. The second kappa shape index (κ2) is 17.3. The van der Waals surface area contributed by atoms with Gasteiger partial charge >= 0.3 is 6.18 Å². The maximum atomic E-state index is 15.5. The van der Waals surface area contributed by atoms with Gasteiger partial charge in [0.2, 0.25) is 11.8 Å². The van der Waals surface area contributed by atoms with Gasteiger partial charge in [0.15, 0.2) is 0 Å². The first-order valence-electron chi connectivity index (χ1n) is 20.3. The highest BCUT2D eigenvalue weighted by molar-refractivity contribution is 6.25. The van der Waals surface area contributed by atoms with Crippen LogP contribution in [0.1, 0.15) is 91.2 Å². The lowest BCUT2D eigenvalue weighted by Gasteiger charge is -2.27. The summed E-state index contributed by atoms with van der Waals surface area (Å²) in [5.74, 6) is -4.54. The van der Waals surface area contributed by atoms with Crippen molar-refractivity contribution in [2.24, 2.45) is 0 Å². The highest BCUT2D eigenvalue weighted by Gasteiger charge is 2.45. The Hall–Kier alpha value is -7.25. The summed E-state index contributed by atoms with van der Waals surface area (Å²) >= 11 is 0. The van der Waals surface area contributed by atoms with Crippen LogP contribution in [-0.4, -0.2) is 92.5 Å². The number of halogens is 4. The van der Waals surface area contributed by atoms with Crippen LogP contribution in [0, 0.1) is 5.82 Å². The van der Waals surface area contributed by atoms with Crippen LogP contribution in [-0.2, 0) is 28.7 Å². The van der Waals surface area contributed by atoms with E-state index in [0.717, 1.165) is 35.9 Å². The van der Waals surface area contributed by atoms with Crippen molar-refractivity contribution in [1.82, 2.24) is 40.8 Å². The lowest BCUT2D eigenvalue weighted by Crippen LogP contribution is -2.54. The molecule has 326 valence electrons. The summed E-state index contributed by atoms with van der Waals surface area (Å²) in [7, 11) is 1.54. The molecule has 0 bridgehead atoms. The third kappa shape index (κ3) is 8.78. The average molecular weight is 869 g/mol. The quantitative estimate of drug-likeness (QED) is 0.0546. The zero-order chi connectivity index (χ0) is 44.6. The molecule has 5 N–H and O–H groups in total. The molecule has 5 aromatic rings. The molecule has 0 radical (unpaired) electrons. The number of anilines is 2. The first kappa shape index (κ1) is 42.4. The number of fused-ring (bicyclic) bond motifs is 2. The van der Waals surface area contributed by atoms with Gasteiger partial charge in [0.05, 0.1) is 44.7 Å². The van der Waals surface area contributed by atoms with Gasteiger partial charge in [-0.25, -0.2) is 4.39 Å². The Kier molecular flexibility index (Phi) is 11.6. The topological polar surface area (TPSA) is 209 Å². The number of hydrogen-bond acceptors (Lipinski definition) is 11. The summed E-state index contributed by atoms with van der Waals surface area (Å²) in [4.78, 5) is 81.4. The van der Waals surface area contributed by atoms with Crippen LogP contribution < -0.4 is 26.6 Å². The standard InChI is InChI=1S/C43H40F4N10O6/c1-48-37-28-18-27(30(43(45,46)47)19-33(28)51-20-29(37)39(60)52-23-8-9-23)22-7-10-25(31(44)17-22)38(59)50-14-2-3-16-56-21-24(54-55-56)13-15-49-32-6-4-5-26-36(32)42(63)57(41(26)62)34-11-12-35(58)53-40(34)61/h4-7,10,17-21,23,34,49H,2-3,8-9,11-16H2,1H3,(H,48,51)(H,50,59)(H,52,60)(H,53,58,61)/t34-/m0/s1. The van der Waals surface area contributed by atoms with E-state index in [1.54, 1.807) is 23.0 Å². The van der Waals surface area contributed by atoms with E-state index in [0.29, 0.717) is 43.7 Å². The van der Waals surface area contributed by atoms with Crippen molar-refractivity contribution in [3.05, 3.63) is 100 Å². The molecule has 1 atom stereocenters. The molecular formula is C43H40F4N10O6. The number of pyridine rings is 1. The highest BCUT2D eigenvalue weighted by Crippen LogP contribution is 2.42. The number of aryl methyl sites for hydroxylation is 1. The fourth-order valence-electron chi connectivity index (χ4n) is 7.76. The number of carbonyl (C=O) groups is 6. The third-order valence-electron chi connectivity index (χ3n) is 11.1. The molecule has 0 spiro atoms. The molecule has 3 aromatic carbocycles. The third-order valence-corrected chi connectivity index (χ3v) is 11.1. The van der Waals surface area contributed by atoms with E-state index in [2.05, 4.69) is 41.9 Å². The van der Waals surface area contributed by atoms with Crippen LogP contribution in [0.4, 0.5) is 28.9 Å². The fraction of sp³-hybridized carbons (Fsp3) is 0.326. The zero-order valence-corrected chi connectivity index (χ0v) is 33.7. The van der Waals surface area contributed by atoms with Crippen LogP contribution in [0.3, 0.4) is 0 Å². The van der Waals surface area contributed by atoms with Gasteiger partial charge in [-0.2, -0.15) is 13.2 Å². The molecule has 6 amide bonds. The molecule has 1 saturated carbocycles. The second-order valence-corrected chi connectivity index (χ2v) is 15.4. The second-order valence-electron chi connectivity index (χ2n) is 15.4. The molecule has 1 aliphatic carbocycles. The van der Waals surface area contributed by atoms with Crippen LogP contribution in [0.5, 0.6) is 0 Å². The van der Waals surface area contributed by atoms with Crippen molar-refractivity contribution in [2.45, 2.75) is 69.8 Å². The van der Waals surface area contributed by atoms with Crippen molar-refractivity contribution in [3.63, 3.8) is 0 Å². The predicted octanol–water partition coefficient (Wildman–Crippen LogP) is 4.85. The molecule has 1 saturated heterocycles. The van der Waals surface area contributed by atoms with Crippen LogP contribution >= 0.6 is 0 Å². The summed E-state index contributed by atoms with van der Waals surface area (Å²) in [6, 6.07) is 9.09. The lowest BCUT2D eigenvalue weighted by molar-refractivity contribution is -0.137. The van der Waals surface area contributed by atoms with Crippen molar-refractivity contribution in [3.8, 4) is 11.1 Å². The number of piperidine rings is 1. The number of nitrogens with zero attached hydrogens (tertiary/aromatic N) is 5. The van der Waals surface area contributed by atoms with Crippen LogP contribution in [0.2, 0.25) is 0 Å². The number of hydrogen-bond donors (Lipinski definition) is 5. The summed E-state index contributed by atoms with van der Waals surface area (Å²) in [5, 5.41) is 22.3. The molecule has 0 unspecified atom stereocenters. The Morgan fingerprint density at radius 2 is 1.73 bits per heavy atom. The Balaban J connectivity index is 0.837. The van der Waals surface area contributed by atoms with E-state index in [4.69, 9.17) is 0 Å². The summed E-state index contributed by atoms with van der Waals surface area (Å²) in [6.07, 6.45) is 1.34. The zero-order valence-electron chi connectivity index (χ0n) is 33.7. The number of amides is 6. The maximum Gasteiger partial charge on any atom is 0.417 e. The molecule has 16 nitrogen and oxygen atoms in total. The van der Waals surface area contributed by atoms with Gasteiger partial charge in [-0.05, 0) is 79.6 Å². The number of carbonyl (C=O) groups excluding carboxylic acids is 6. The van der Waals surface area contributed by atoms with E-state index in [1.165, 1.54) is 31.4 Å². The Bertz CT molecular complexity index is 2700. The number of imide groups is 2. The largest absolute Gasteiger partial charge is 0.417 e. The van der Waals surface area contributed by atoms with E-state index in [1.807, 2.05) is 0 Å². The monoisotopic (exact) mass is 868 g/mol. The minimum atomic E-state index is -4.83. The Labute approximate surface area is 356 Å². The Morgan fingerprint density at radius 1 is 0.921 bits per heavy atom. The van der Waals surface area contributed by atoms with Crippen molar-refractivity contribution >= 4 is 57.7 Å². The molecule has 2 aliphatic heterocycles. The van der Waals surface area contributed by atoms with Gasteiger partial charge < -0.3 is 21.3 Å². The number of benzene rings is 3. The lowest BCUT2D eigenvalue weighted by atomic mass is 9.94. The molecule has 2 aromatic heterocycles.